The van der Waals surface area contributed by atoms with Gasteiger partial charge in [0.05, 0.1) is 6.61 Å². The molecule has 4 N–H and O–H groups in total. The molecule has 0 aromatic carbocycles. The van der Waals surface area contributed by atoms with Crippen LogP contribution in [0.1, 0.15) is 46.5 Å². The zero-order valence-corrected chi connectivity index (χ0v) is 11.6. The lowest BCUT2D eigenvalue weighted by molar-refractivity contribution is -0.153. The molecule has 0 unspecified atom stereocenters. The van der Waals surface area contributed by atoms with Gasteiger partial charge in [0.25, 0.3) is 0 Å². The van der Waals surface area contributed by atoms with Gasteiger partial charge in [0.2, 0.25) is 0 Å². The maximum Gasteiger partial charge on any atom is 0.325 e. The van der Waals surface area contributed by atoms with Crippen LogP contribution in [0.3, 0.4) is 0 Å². The van der Waals surface area contributed by atoms with Gasteiger partial charge in [0.15, 0.2) is 0 Å². The number of rotatable bonds is 4. The summed E-state index contributed by atoms with van der Waals surface area (Å²) in [7, 11) is 0. The molecule has 0 heterocycles. The predicted octanol–water partition coefficient (Wildman–Crippen LogP) is 0.549. The molecule has 1 fully saturated rings. The van der Waals surface area contributed by atoms with Crippen molar-refractivity contribution >= 4 is 5.97 Å². The van der Waals surface area contributed by atoms with Crippen molar-refractivity contribution in [2.75, 3.05) is 6.61 Å². The van der Waals surface area contributed by atoms with Crippen molar-refractivity contribution in [3.05, 3.63) is 0 Å². The quantitative estimate of drug-likeness (QED) is 0.641. The minimum atomic E-state index is -0.907. The molecule has 1 saturated carbocycles. The molecular formula is C13H26N2O3. The Morgan fingerprint density at radius 2 is 1.94 bits per heavy atom. The lowest BCUT2D eigenvalue weighted by atomic mass is 9.91. The Labute approximate surface area is 109 Å². The van der Waals surface area contributed by atoms with E-state index >= 15 is 0 Å². The molecule has 0 saturated heterocycles. The van der Waals surface area contributed by atoms with Gasteiger partial charge in [0.1, 0.15) is 12.1 Å². The average molecular weight is 258 g/mol. The van der Waals surface area contributed by atoms with Gasteiger partial charge in [-0.3, -0.25) is 4.79 Å². The van der Waals surface area contributed by atoms with E-state index in [1.807, 2.05) is 0 Å². The molecule has 106 valence electrons. The standard InChI is InChI=1S/C13H26N2O3/c1-13(2,3)15-9-4-6-10(7-5-9)18-12(17)11(14)8-16/h9-11,15-16H,4-8,14H2,1-3H3/t9?,10?,11-/m0/s1. The highest BCUT2D eigenvalue weighted by Crippen LogP contribution is 2.23. The number of carbonyl (C=O) groups is 1. The van der Waals surface area contributed by atoms with Crippen molar-refractivity contribution in [2.45, 2.75) is 70.2 Å². The van der Waals surface area contributed by atoms with Crippen molar-refractivity contribution < 1.29 is 14.6 Å². The molecule has 1 atom stereocenters. The second-order valence-electron chi connectivity index (χ2n) is 6.09. The Morgan fingerprint density at radius 1 is 1.39 bits per heavy atom. The molecule has 18 heavy (non-hydrogen) atoms. The number of aliphatic hydroxyl groups is 1. The number of nitrogens with one attached hydrogen (secondary N) is 1. The number of nitrogens with two attached hydrogens (primary N) is 1. The van der Waals surface area contributed by atoms with Crippen LogP contribution in [0.4, 0.5) is 0 Å². The fourth-order valence-corrected chi connectivity index (χ4v) is 2.26. The normalized spacial score (nSPS) is 26.7. The lowest BCUT2D eigenvalue weighted by Crippen LogP contribution is -2.46. The largest absolute Gasteiger partial charge is 0.461 e. The number of hydrogen-bond acceptors (Lipinski definition) is 5. The molecular weight excluding hydrogens is 232 g/mol. The maximum atomic E-state index is 11.4. The highest BCUT2D eigenvalue weighted by molar-refractivity contribution is 5.75. The number of aliphatic hydroxyl groups excluding tert-OH is 1. The Morgan fingerprint density at radius 3 is 2.39 bits per heavy atom. The summed E-state index contributed by atoms with van der Waals surface area (Å²) < 4.78 is 5.27. The first-order valence-corrected chi connectivity index (χ1v) is 6.66. The van der Waals surface area contributed by atoms with E-state index in [1.165, 1.54) is 0 Å². The lowest BCUT2D eigenvalue weighted by Gasteiger charge is -2.34. The van der Waals surface area contributed by atoms with E-state index < -0.39 is 12.0 Å². The first-order chi connectivity index (χ1) is 8.31. The second kappa shape index (κ2) is 6.50. The number of carbonyl (C=O) groups excluding carboxylic acids is 1. The highest BCUT2D eigenvalue weighted by atomic mass is 16.5. The van der Waals surface area contributed by atoms with Crippen LogP contribution in [-0.2, 0) is 9.53 Å². The van der Waals surface area contributed by atoms with E-state index in [1.54, 1.807) is 0 Å². The summed E-state index contributed by atoms with van der Waals surface area (Å²) >= 11 is 0. The smallest absolute Gasteiger partial charge is 0.325 e. The summed E-state index contributed by atoms with van der Waals surface area (Å²) in [5.41, 5.74) is 5.53. The van der Waals surface area contributed by atoms with E-state index in [4.69, 9.17) is 15.6 Å². The van der Waals surface area contributed by atoms with Gasteiger partial charge >= 0.3 is 5.97 Å². The zero-order valence-electron chi connectivity index (χ0n) is 11.6. The topological polar surface area (TPSA) is 84.6 Å². The first kappa shape index (κ1) is 15.4. The highest BCUT2D eigenvalue weighted by Gasteiger charge is 2.27. The third-order valence-corrected chi connectivity index (χ3v) is 3.09. The summed E-state index contributed by atoms with van der Waals surface area (Å²) in [4.78, 5) is 11.4. The molecule has 5 nitrogen and oxygen atoms in total. The predicted molar refractivity (Wildman–Crippen MR) is 70.1 cm³/mol. The summed E-state index contributed by atoms with van der Waals surface area (Å²) in [6, 6.07) is -0.415. The molecule has 0 aliphatic heterocycles. The molecule has 1 aliphatic carbocycles. The molecule has 0 spiro atoms. The molecule has 0 aromatic heterocycles. The first-order valence-electron chi connectivity index (χ1n) is 6.66. The Hall–Kier alpha value is -0.650. The fourth-order valence-electron chi connectivity index (χ4n) is 2.26. The van der Waals surface area contributed by atoms with E-state index in [-0.39, 0.29) is 18.2 Å². The summed E-state index contributed by atoms with van der Waals surface area (Å²) in [6.45, 7) is 6.10. The third-order valence-electron chi connectivity index (χ3n) is 3.09. The summed E-state index contributed by atoms with van der Waals surface area (Å²) in [5, 5.41) is 12.3. The fraction of sp³-hybridized carbons (Fsp3) is 0.923. The summed E-state index contributed by atoms with van der Waals surface area (Å²) in [6.07, 6.45) is 3.68. The third kappa shape index (κ3) is 5.33. The zero-order chi connectivity index (χ0) is 13.8. The van der Waals surface area contributed by atoms with Gasteiger partial charge in [-0.25, -0.2) is 0 Å². The molecule has 0 amide bonds. The van der Waals surface area contributed by atoms with Crippen molar-refractivity contribution in [1.29, 1.82) is 0 Å². The monoisotopic (exact) mass is 258 g/mol. The van der Waals surface area contributed by atoms with Crippen LogP contribution in [0, 0.1) is 0 Å². The number of hydrogen-bond donors (Lipinski definition) is 3. The average Bonchev–Trinajstić information content (AvgIpc) is 2.28. The van der Waals surface area contributed by atoms with Gasteiger partial charge in [-0.2, -0.15) is 0 Å². The van der Waals surface area contributed by atoms with Crippen LogP contribution in [0.5, 0.6) is 0 Å². The Kier molecular flexibility index (Phi) is 5.56. The van der Waals surface area contributed by atoms with Crippen LogP contribution in [-0.4, -0.2) is 41.4 Å². The molecule has 5 heteroatoms. The van der Waals surface area contributed by atoms with E-state index in [9.17, 15) is 4.79 Å². The Bertz CT molecular complexity index is 268. The Balaban J connectivity index is 2.29. The maximum absolute atomic E-state index is 11.4. The number of ether oxygens (including phenoxy) is 1. The van der Waals surface area contributed by atoms with E-state index in [0.717, 1.165) is 25.7 Å². The van der Waals surface area contributed by atoms with Gasteiger partial charge in [-0.15, -0.1) is 0 Å². The van der Waals surface area contributed by atoms with Crippen LogP contribution in [0.25, 0.3) is 0 Å². The molecule has 0 radical (unpaired) electrons. The van der Waals surface area contributed by atoms with Crippen molar-refractivity contribution in [2.24, 2.45) is 5.73 Å². The van der Waals surface area contributed by atoms with Gasteiger partial charge in [0, 0.05) is 11.6 Å². The van der Waals surface area contributed by atoms with Gasteiger partial charge < -0.3 is 20.9 Å². The molecule has 0 bridgehead atoms. The van der Waals surface area contributed by atoms with Crippen molar-refractivity contribution in [3.8, 4) is 0 Å². The second-order valence-corrected chi connectivity index (χ2v) is 6.09. The molecule has 1 rings (SSSR count). The minimum Gasteiger partial charge on any atom is -0.461 e. The summed E-state index contributed by atoms with van der Waals surface area (Å²) in [5.74, 6) is -0.496. The van der Waals surface area contributed by atoms with Crippen LogP contribution < -0.4 is 11.1 Å². The van der Waals surface area contributed by atoms with Gasteiger partial charge in [-0.1, -0.05) is 0 Å². The van der Waals surface area contributed by atoms with Crippen LogP contribution >= 0.6 is 0 Å². The molecule has 0 aromatic rings. The number of esters is 1. The van der Waals surface area contributed by atoms with E-state index in [0.29, 0.717) is 6.04 Å². The minimum absolute atomic E-state index is 0.0480. The SMILES string of the molecule is CC(C)(C)NC1CCC(OC(=O)[C@@H](N)CO)CC1. The van der Waals surface area contributed by atoms with Crippen molar-refractivity contribution in [3.63, 3.8) is 0 Å². The van der Waals surface area contributed by atoms with Gasteiger partial charge in [-0.05, 0) is 46.5 Å². The van der Waals surface area contributed by atoms with E-state index in [2.05, 4.69) is 26.1 Å². The molecule has 1 aliphatic rings. The van der Waals surface area contributed by atoms with Crippen LogP contribution in [0.2, 0.25) is 0 Å². The van der Waals surface area contributed by atoms with Crippen LogP contribution in [0.15, 0.2) is 0 Å². The van der Waals surface area contributed by atoms with Crippen molar-refractivity contribution in [1.82, 2.24) is 5.32 Å².